The summed E-state index contributed by atoms with van der Waals surface area (Å²) in [5, 5.41) is 9.52. The molecule has 1 heterocycles. The largest absolute Gasteiger partial charge is 0.335 e. The monoisotopic (exact) mass is 358 g/mol. The number of amides is 1. The second-order valence-electron chi connectivity index (χ2n) is 6.75. The van der Waals surface area contributed by atoms with Gasteiger partial charge in [-0.05, 0) is 39.2 Å². The lowest BCUT2D eigenvalue weighted by Crippen LogP contribution is -2.37. The van der Waals surface area contributed by atoms with E-state index in [1.54, 1.807) is 0 Å². The van der Waals surface area contributed by atoms with Crippen molar-refractivity contribution in [3.05, 3.63) is 41.7 Å². The molecule has 0 atom stereocenters. The van der Waals surface area contributed by atoms with Crippen LogP contribution in [0.25, 0.3) is 0 Å². The first-order chi connectivity index (χ1) is 12.1. The fourth-order valence-corrected chi connectivity index (χ4v) is 3.79. The third-order valence-electron chi connectivity index (χ3n) is 4.47. The Bertz CT molecular complexity index is 709. The van der Waals surface area contributed by atoms with Gasteiger partial charge in [-0.3, -0.25) is 4.79 Å². The summed E-state index contributed by atoms with van der Waals surface area (Å²) in [7, 11) is 0. The zero-order valence-corrected chi connectivity index (χ0v) is 16.0. The molecule has 3 rings (SSSR count). The molecule has 134 valence electrons. The minimum atomic E-state index is 0.141. The van der Waals surface area contributed by atoms with E-state index >= 15 is 0 Å². The van der Waals surface area contributed by atoms with Crippen molar-refractivity contribution >= 4 is 17.7 Å². The molecular formula is C19H26N4OS. The van der Waals surface area contributed by atoms with E-state index < -0.39 is 0 Å². The summed E-state index contributed by atoms with van der Waals surface area (Å²) in [4.78, 5) is 14.7. The van der Waals surface area contributed by atoms with Crippen LogP contribution in [0, 0.1) is 0 Å². The molecule has 0 bridgehead atoms. The maximum Gasteiger partial charge on any atom is 0.233 e. The molecule has 6 heteroatoms. The predicted octanol–water partition coefficient (Wildman–Crippen LogP) is 3.70. The average Bonchev–Trinajstić information content (AvgIpc) is 3.38. The standard InChI is InChI=1S/C19H26N4OS/c1-4-22-18(16-10-11-16)20-21-19(22)25-13-17(24)23(14(2)3)12-15-8-6-5-7-9-15/h5-9,14,16H,4,10-13H2,1-3H3. The SMILES string of the molecule is CCn1c(SCC(=O)N(Cc2ccccc2)C(C)C)nnc1C1CC1. The Morgan fingerprint density at radius 2 is 2.00 bits per heavy atom. The molecule has 0 saturated heterocycles. The van der Waals surface area contributed by atoms with Crippen LogP contribution in [-0.2, 0) is 17.9 Å². The summed E-state index contributed by atoms with van der Waals surface area (Å²) in [5.74, 6) is 2.20. The van der Waals surface area contributed by atoms with Crippen molar-refractivity contribution in [2.24, 2.45) is 0 Å². The number of carbonyl (C=O) groups is 1. The van der Waals surface area contributed by atoms with Crippen LogP contribution in [0.2, 0.25) is 0 Å². The van der Waals surface area contributed by atoms with Gasteiger partial charge in [0, 0.05) is 25.0 Å². The van der Waals surface area contributed by atoms with E-state index in [1.807, 2.05) is 23.1 Å². The van der Waals surface area contributed by atoms with Crippen molar-refractivity contribution in [1.82, 2.24) is 19.7 Å². The average molecular weight is 359 g/mol. The van der Waals surface area contributed by atoms with E-state index in [0.717, 1.165) is 23.1 Å². The molecule has 0 unspecified atom stereocenters. The summed E-state index contributed by atoms with van der Waals surface area (Å²) in [6.07, 6.45) is 2.42. The Labute approximate surface area is 153 Å². The fraction of sp³-hybridized carbons (Fsp3) is 0.526. The molecule has 1 fully saturated rings. The lowest BCUT2D eigenvalue weighted by Gasteiger charge is -2.26. The van der Waals surface area contributed by atoms with Crippen LogP contribution in [0.5, 0.6) is 0 Å². The summed E-state index contributed by atoms with van der Waals surface area (Å²) in [6, 6.07) is 10.3. The number of aromatic nitrogens is 3. The Hall–Kier alpha value is -1.82. The highest BCUT2D eigenvalue weighted by atomic mass is 32.2. The second-order valence-corrected chi connectivity index (χ2v) is 7.69. The normalized spacial score (nSPS) is 14.1. The molecule has 1 aromatic carbocycles. The van der Waals surface area contributed by atoms with Gasteiger partial charge >= 0.3 is 0 Å². The highest BCUT2D eigenvalue weighted by molar-refractivity contribution is 7.99. The molecule has 1 amide bonds. The molecule has 0 aliphatic heterocycles. The van der Waals surface area contributed by atoms with E-state index in [0.29, 0.717) is 18.2 Å². The van der Waals surface area contributed by atoms with Crippen molar-refractivity contribution in [2.45, 2.75) is 63.8 Å². The van der Waals surface area contributed by atoms with Crippen LogP contribution < -0.4 is 0 Å². The molecule has 1 aliphatic rings. The number of nitrogens with zero attached hydrogens (tertiary/aromatic N) is 4. The van der Waals surface area contributed by atoms with Gasteiger partial charge in [0.2, 0.25) is 5.91 Å². The highest BCUT2D eigenvalue weighted by Crippen LogP contribution is 2.40. The van der Waals surface area contributed by atoms with Crippen molar-refractivity contribution in [3.8, 4) is 0 Å². The Kier molecular flexibility index (Phi) is 5.78. The highest BCUT2D eigenvalue weighted by Gasteiger charge is 2.30. The molecule has 0 spiro atoms. The van der Waals surface area contributed by atoms with Gasteiger partial charge in [0.25, 0.3) is 0 Å². The predicted molar refractivity (Wildman–Crippen MR) is 101 cm³/mol. The first-order valence-corrected chi connectivity index (χ1v) is 9.98. The minimum absolute atomic E-state index is 0.141. The summed E-state index contributed by atoms with van der Waals surface area (Å²) >= 11 is 1.50. The molecule has 25 heavy (non-hydrogen) atoms. The minimum Gasteiger partial charge on any atom is -0.335 e. The van der Waals surface area contributed by atoms with E-state index in [-0.39, 0.29) is 11.9 Å². The maximum atomic E-state index is 12.8. The number of thioether (sulfide) groups is 1. The summed E-state index contributed by atoms with van der Waals surface area (Å²) in [5.41, 5.74) is 1.15. The van der Waals surface area contributed by atoms with Gasteiger partial charge < -0.3 is 9.47 Å². The smallest absolute Gasteiger partial charge is 0.233 e. The summed E-state index contributed by atoms with van der Waals surface area (Å²) < 4.78 is 2.16. The zero-order chi connectivity index (χ0) is 17.8. The number of benzene rings is 1. The van der Waals surface area contributed by atoms with Gasteiger partial charge in [0.1, 0.15) is 5.82 Å². The molecule has 5 nitrogen and oxygen atoms in total. The number of hydrogen-bond donors (Lipinski definition) is 0. The quantitative estimate of drug-likeness (QED) is 0.675. The number of hydrogen-bond acceptors (Lipinski definition) is 4. The first kappa shape index (κ1) is 18.0. The van der Waals surface area contributed by atoms with Gasteiger partial charge in [-0.25, -0.2) is 0 Å². The maximum absolute atomic E-state index is 12.8. The van der Waals surface area contributed by atoms with Crippen LogP contribution in [0.1, 0.15) is 50.9 Å². The van der Waals surface area contributed by atoms with E-state index in [9.17, 15) is 4.79 Å². The van der Waals surface area contributed by atoms with Crippen molar-refractivity contribution in [2.75, 3.05) is 5.75 Å². The summed E-state index contributed by atoms with van der Waals surface area (Å²) in [6.45, 7) is 7.73. The second kappa shape index (κ2) is 8.04. The fourth-order valence-electron chi connectivity index (χ4n) is 2.90. The number of carbonyl (C=O) groups excluding carboxylic acids is 1. The third kappa shape index (κ3) is 4.42. The Morgan fingerprint density at radius 3 is 2.60 bits per heavy atom. The van der Waals surface area contributed by atoms with E-state index in [1.165, 1.54) is 24.6 Å². The molecular weight excluding hydrogens is 332 g/mol. The third-order valence-corrected chi connectivity index (χ3v) is 5.42. The lowest BCUT2D eigenvalue weighted by atomic mass is 10.2. The molecule has 0 radical (unpaired) electrons. The van der Waals surface area contributed by atoms with Gasteiger partial charge in [-0.1, -0.05) is 42.1 Å². The van der Waals surface area contributed by atoms with Crippen molar-refractivity contribution in [1.29, 1.82) is 0 Å². The van der Waals surface area contributed by atoms with Crippen LogP contribution in [0.15, 0.2) is 35.5 Å². The first-order valence-electron chi connectivity index (χ1n) is 8.99. The van der Waals surface area contributed by atoms with Crippen LogP contribution >= 0.6 is 11.8 Å². The van der Waals surface area contributed by atoms with Gasteiger partial charge in [-0.2, -0.15) is 0 Å². The van der Waals surface area contributed by atoms with Gasteiger partial charge in [0.15, 0.2) is 5.16 Å². The van der Waals surface area contributed by atoms with Crippen molar-refractivity contribution in [3.63, 3.8) is 0 Å². The Balaban J connectivity index is 1.64. The topological polar surface area (TPSA) is 51.0 Å². The Morgan fingerprint density at radius 1 is 1.28 bits per heavy atom. The van der Waals surface area contributed by atoms with Gasteiger partial charge in [0.05, 0.1) is 5.75 Å². The van der Waals surface area contributed by atoms with Crippen molar-refractivity contribution < 1.29 is 4.79 Å². The molecule has 1 aromatic heterocycles. The molecule has 0 N–H and O–H groups in total. The molecule has 1 saturated carbocycles. The van der Waals surface area contributed by atoms with E-state index in [4.69, 9.17) is 0 Å². The molecule has 1 aliphatic carbocycles. The van der Waals surface area contributed by atoms with Gasteiger partial charge in [-0.15, -0.1) is 10.2 Å². The van der Waals surface area contributed by atoms with Crippen LogP contribution in [-0.4, -0.2) is 37.4 Å². The van der Waals surface area contributed by atoms with E-state index in [2.05, 4.69) is 47.7 Å². The molecule has 2 aromatic rings. The van der Waals surface area contributed by atoms with Crippen LogP contribution in [0.4, 0.5) is 0 Å². The van der Waals surface area contributed by atoms with Crippen LogP contribution in [0.3, 0.4) is 0 Å². The number of rotatable bonds is 8. The zero-order valence-electron chi connectivity index (χ0n) is 15.2. The lowest BCUT2D eigenvalue weighted by molar-refractivity contribution is -0.130.